The number of allylic oxidation sites excluding steroid dienone is 15. The molecular formula is C63H107NO13. The monoisotopic (exact) mass is 1090 g/mol. The van der Waals surface area contributed by atoms with Gasteiger partial charge in [0, 0.05) is 6.42 Å². The Hall–Kier alpha value is -3.09. The highest BCUT2D eigenvalue weighted by Crippen LogP contribution is 2.30. The third-order valence-electron chi connectivity index (χ3n) is 14.0. The first-order valence-corrected chi connectivity index (χ1v) is 30.0. The van der Waals surface area contributed by atoms with Gasteiger partial charge in [0.15, 0.2) is 12.6 Å². The van der Waals surface area contributed by atoms with Crippen LogP contribution in [-0.4, -0.2) is 140 Å². The molecular weight excluding hydrogens is 979 g/mol. The molecule has 9 N–H and O–H groups in total. The van der Waals surface area contributed by atoms with Gasteiger partial charge in [0.25, 0.3) is 0 Å². The maximum absolute atomic E-state index is 13.2. The Bertz CT molecular complexity index is 1660. The molecule has 2 saturated heterocycles. The third kappa shape index (κ3) is 33.3. The number of amides is 1. The fraction of sp³-hybridized carbons (Fsp3) is 0.730. The molecule has 0 bridgehead atoms. The van der Waals surface area contributed by atoms with Crippen LogP contribution < -0.4 is 5.32 Å². The van der Waals surface area contributed by atoms with Crippen molar-refractivity contribution in [2.45, 2.75) is 274 Å². The van der Waals surface area contributed by atoms with Crippen LogP contribution in [0.5, 0.6) is 0 Å². The van der Waals surface area contributed by atoms with E-state index in [1.165, 1.54) is 89.9 Å². The Kier molecular flexibility index (Phi) is 43.4. The smallest absolute Gasteiger partial charge is 0.220 e. The molecule has 2 rings (SSSR count). The summed E-state index contributed by atoms with van der Waals surface area (Å²) in [6, 6.07) is -0.942. The van der Waals surface area contributed by atoms with Gasteiger partial charge in [-0.25, -0.2) is 0 Å². The van der Waals surface area contributed by atoms with Crippen molar-refractivity contribution in [2.75, 3.05) is 19.8 Å². The van der Waals surface area contributed by atoms with E-state index in [4.69, 9.17) is 18.9 Å². The molecule has 2 aliphatic heterocycles. The number of hydrogen-bond donors (Lipinski definition) is 9. The van der Waals surface area contributed by atoms with Crippen molar-refractivity contribution in [2.24, 2.45) is 0 Å². The highest BCUT2D eigenvalue weighted by Gasteiger charge is 2.51. The Morgan fingerprint density at radius 1 is 0.481 bits per heavy atom. The van der Waals surface area contributed by atoms with Crippen molar-refractivity contribution in [3.8, 4) is 0 Å². The molecule has 0 saturated carbocycles. The van der Waals surface area contributed by atoms with Gasteiger partial charge < -0.3 is 65.1 Å². The van der Waals surface area contributed by atoms with Crippen molar-refractivity contribution in [1.82, 2.24) is 5.32 Å². The second-order valence-corrected chi connectivity index (χ2v) is 20.7. The average molecular weight is 1090 g/mol. The Morgan fingerprint density at radius 3 is 1.43 bits per heavy atom. The molecule has 14 heteroatoms. The zero-order valence-corrected chi connectivity index (χ0v) is 47.4. The second-order valence-electron chi connectivity index (χ2n) is 20.7. The lowest BCUT2D eigenvalue weighted by Crippen LogP contribution is -2.65. The van der Waals surface area contributed by atoms with Crippen molar-refractivity contribution in [1.29, 1.82) is 0 Å². The standard InChI is InChI=1S/C63H107NO13/c1-3-5-7-9-11-13-15-17-18-19-20-21-22-23-24-25-26-27-28-29-30-31-32-33-34-35-37-39-41-43-45-47-55(68)64-51(52(67)46-44-42-40-38-36-16-14-12-10-8-6-4-2)50-74-62-60(73)58(71)61(54(49-66)76-62)77-63-59(72)57(70)56(69)53(48-65)75-63/h5,7,10-13,17-18,20-21,23-24,36,38,44,46,51-54,56-63,65-67,69-73H,3-4,6,8-9,14-16,19,22,25-35,37,39-43,45,47-50H2,1-2H3,(H,64,68)/b7-5-,12-10+,13-11-,18-17-,21-20-,24-23-,38-36+,46-44+. The van der Waals surface area contributed by atoms with Gasteiger partial charge in [0.1, 0.15) is 48.8 Å². The summed E-state index contributed by atoms with van der Waals surface area (Å²) in [5, 5.41) is 86.9. The molecule has 2 fully saturated rings. The average Bonchev–Trinajstić information content (AvgIpc) is 3.43. The predicted molar refractivity (Wildman–Crippen MR) is 309 cm³/mol. The van der Waals surface area contributed by atoms with Crippen molar-refractivity contribution in [3.63, 3.8) is 0 Å². The van der Waals surface area contributed by atoms with E-state index < -0.39 is 86.8 Å². The molecule has 12 atom stereocenters. The number of unbranched alkanes of at least 4 members (excludes halogenated alkanes) is 19. The summed E-state index contributed by atoms with van der Waals surface area (Å²) in [5.74, 6) is -0.259. The van der Waals surface area contributed by atoms with Crippen molar-refractivity contribution in [3.05, 3.63) is 97.2 Å². The maximum Gasteiger partial charge on any atom is 0.220 e. The summed E-state index contributed by atoms with van der Waals surface area (Å²) in [4.78, 5) is 13.2. The fourth-order valence-electron chi connectivity index (χ4n) is 9.16. The van der Waals surface area contributed by atoms with Gasteiger partial charge in [-0.15, -0.1) is 0 Å². The number of aliphatic hydroxyl groups excluding tert-OH is 8. The molecule has 12 unspecified atom stereocenters. The lowest BCUT2D eigenvalue weighted by atomic mass is 9.97. The Balaban J connectivity index is 1.67. The van der Waals surface area contributed by atoms with E-state index in [0.717, 1.165) is 77.0 Å². The minimum Gasteiger partial charge on any atom is -0.394 e. The summed E-state index contributed by atoms with van der Waals surface area (Å²) in [5.41, 5.74) is 0. The summed E-state index contributed by atoms with van der Waals surface area (Å²) in [7, 11) is 0. The van der Waals surface area contributed by atoms with E-state index in [0.29, 0.717) is 12.8 Å². The quantitative estimate of drug-likeness (QED) is 0.0205. The van der Waals surface area contributed by atoms with Gasteiger partial charge in [-0.2, -0.15) is 0 Å². The van der Waals surface area contributed by atoms with E-state index >= 15 is 0 Å². The van der Waals surface area contributed by atoms with Crippen molar-refractivity contribution >= 4 is 5.91 Å². The molecule has 0 aliphatic carbocycles. The predicted octanol–water partition coefficient (Wildman–Crippen LogP) is 10.3. The first-order valence-electron chi connectivity index (χ1n) is 30.0. The number of hydrogen-bond acceptors (Lipinski definition) is 13. The van der Waals surface area contributed by atoms with E-state index in [1.54, 1.807) is 6.08 Å². The van der Waals surface area contributed by atoms with Gasteiger partial charge in [0.2, 0.25) is 5.91 Å². The molecule has 0 aromatic carbocycles. The van der Waals surface area contributed by atoms with Crippen LogP contribution in [0, 0.1) is 0 Å². The van der Waals surface area contributed by atoms with E-state index in [-0.39, 0.29) is 18.9 Å². The molecule has 2 aliphatic rings. The molecule has 77 heavy (non-hydrogen) atoms. The van der Waals surface area contributed by atoms with E-state index in [9.17, 15) is 45.6 Å². The first kappa shape index (κ1) is 70.0. The molecule has 2 heterocycles. The zero-order valence-electron chi connectivity index (χ0n) is 47.4. The van der Waals surface area contributed by atoms with Gasteiger partial charge in [-0.05, 0) is 83.5 Å². The van der Waals surface area contributed by atoms with Crippen LogP contribution in [0.2, 0.25) is 0 Å². The number of carbonyl (C=O) groups excluding carboxylic acids is 1. The summed E-state index contributed by atoms with van der Waals surface area (Å²) in [6.07, 6.45) is 48.9. The van der Waals surface area contributed by atoms with Gasteiger partial charge in [-0.3, -0.25) is 4.79 Å². The molecule has 442 valence electrons. The van der Waals surface area contributed by atoms with Crippen LogP contribution in [-0.2, 0) is 23.7 Å². The van der Waals surface area contributed by atoms with Gasteiger partial charge >= 0.3 is 0 Å². The summed E-state index contributed by atoms with van der Waals surface area (Å²) >= 11 is 0. The Labute approximate surface area is 464 Å². The highest BCUT2D eigenvalue weighted by molar-refractivity contribution is 5.76. The van der Waals surface area contributed by atoms with Gasteiger partial charge in [-0.1, -0.05) is 207 Å². The minimum atomic E-state index is -1.80. The van der Waals surface area contributed by atoms with Crippen LogP contribution in [0.3, 0.4) is 0 Å². The van der Waals surface area contributed by atoms with Crippen molar-refractivity contribution < 1.29 is 64.6 Å². The number of nitrogens with one attached hydrogen (secondary N) is 1. The molecule has 0 aromatic heterocycles. The molecule has 0 aromatic rings. The second kappa shape index (κ2) is 47.7. The normalized spacial score (nSPS) is 25.4. The number of aliphatic hydroxyl groups is 8. The third-order valence-corrected chi connectivity index (χ3v) is 14.0. The number of rotatable bonds is 46. The van der Waals surface area contributed by atoms with Gasteiger partial charge in [0.05, 0.1) is 32.0 Å². The summed E-state index contributed by atoms with van der Waals surface area (Å²) in [6.45, 7) is 2.59. The van der Waals surface area contributed by atoms with Crippen LogP contribution >= 0.6 is 0 Å². The molecule has 14 nitrogen and oxygen atoms in total. The first-order chi connectivity index (χ1) is 37.6. The number of ether oxygens (including phenoxy) is 4. The lowest BCUT2D eigenvalue weighted by Gasteiger charge is -2.46. The molecule has 0 radical (unpaired) electrons. The van der Waals surface area contributed by atoms with Crippen LogP contribution in [0.15, 0.2) is 97.2 Å². The van der Waals surface area contributed by atoms with E-state index in [1.807, 2.05) is 6.08 Å². The molecule has 0 spiro atoms. The number of carbonyl (C=O) groups is 1. The fourth-order valence-corrected chi connectivity index (χ4v) is 9.16. The van der Waals surface area contributed by atoms with Crippen LogP contribution in [0.25, 0.3) is 0 Å². The maximum atomic E-state index is 13.2. The topological polar surface area (TPSA) is 228 Å². The molecule has 1 amide bonds. The SMILES string of the molecule is CC/C=C\C/C=C\C/C=C\C/C=C\C/C=C\CCCCCCCCCCCCCCCCCC(=O)NC(COC1OC(CO)C(OC2OC(CO)C(O)C(O)C2O)C(O)C1O)C(O)/C=C/CC/C=C/CC/C=C/CCCC. The largest absolute Gasteiger partial charge is 0.394 e. The van der Waals surface area contributed by atoms with Crippen LogP contribution in [0.4, 0.5) is 0 Å². The van der Waals surface area contributed by atoms with Crippen LogP contribution in [0.1, 0.15) is 200 Å². The summed E-state index contributed by atoms with van der Waals surface area (Å²) < 4.78 is 22.7. The minimum absolute atomic E-state index is 0.259. The zero-order chi connectivity index (χ0) is 56.0. The highest BCUT2D eigenvalue weighted by atomic mass is 16.7. The lowest BCUT2D eigenvalue weighted by molar-refractivity contribution is -0.359. The Morgan fingerprint density at radius 2 is 0.909 bits per heavy atom. The van der Waals surface area contributed by atoms with E-state index in [2.05, 4.69) is 104 Å².